The van der Waals surface area contributed by atoms with Crippen molar-refractivity contribution in [3.05, 3.63) is 47.8 Å². The number of esters is 1. The van der Waals surface area contributed by atoms with Crippen LogP contribution in [-0.4, -0.2) is 39.2 Å². The number of amides is 2. The minimum atomic E-state index is -0.469. The third-order valence-corrected chi connectivity index (χ3v) is 5.35. The first kappa shape index (κ1) is 18.3. The molecule has 7 nitrogen and oxygen atoms in total. The Morgan fingerprint density at radius 1 is 1.07 bits per heavy atom. The molecule has 2 atom stereocenters. The predicted molar refractivity (Wildman–Crippen MR) is 101 cm³/mol. The second-order valence-corrected chi connectivity index (χ2v) is 7.14. The molecule has 1 aromatic heterocycles. The molecule has 4 rings (SSSR count). The Balaban J connectivity index is 1.34. The number of para-hydroxylation sites is 2. The highest BCUT2D eigenvalue weighted by molar-refractivity contribution is 6.05. The fraction of sp³-hybridized carbons (Fsp3) is 0.381. The highest BCUT2D eigenvalue weighted by Gasteiger charge is 2.46. The number of aryl methyl sites for hydroxylation is 1. The molecular formula is C21H21N3O4. The van der Waals surface area contributed by atoms with E-state index < -0.39 is 5.97 Å². The zero-order valence-electron chi connectivity index (χ0n) is 15.6. The molecule has 0 spiro atoms. The van der Waals surface area contributed by atoms with Gasteiger partial charge in [0.1, 0.15) is 6.61 Å². The van der Waals surface area contributed by atoms with Crippen LogP contribution in [0.15, 0.2) is 36.4 Å². The minimum Gasteiger partial charge on any atom is -0.459 e. The fourth-order valence-corrected chi connectivity index (χ4v) is 3.77. The molecule has 0 saturated carbocycles. The topological polar surface area (TPSA) is 89.5 Å². The van der Waals surface area contributed by atoms with Crippen molar-refractivity contribution in [2.75, 3.05) is 6.54 Å². The Bertz CT molecular complexity index is 959. The summed E-state index contributed by atoms with van der Waals surface area (Å²) >= 11 is 0. The van der Waals surface area contributed by atoms with E-state index in [0.29, 0.717) is 24.2 Å². The number of imide groups is 1. The average molecular weight is 379 g/mol. The van der Waals surface area contributed by atoms with E-state index in [4.69, 9.17) is 4.74 Å². The van der Waals surface area contributed by atoms with Gasteiger partial charge in [0.15, 0.2) is 0 Å². The first-order valence-electron chi connectivity index (χ1n) is 9.42. The molecule has 2 amide bonds. The normalized spacial score (nSPS) is 21.2. The van der Waals surface area contributed by atoms with E-state index >= 15 is 0 Å². The molecule has 0 radical (unpaired) electrons. The number of carbonyl (C=O) groups is 3. The first-order valence-corrected chi connectivity index (χ1v) is 9.42. The smallest absolute Gasteiger partial charge is 0.307 e. The Morgan fingerprint density at radius 2 is 1.68 bits per heavy atom. The van der Waals surface area contributed by atoms with E-state index in [9.17, 15) is 14.4 Å². The summed E-state index contributed by atoms with van der Waals surface area (Å²) in [6, 6.07) is 7.50. The number of allylic oxidation sites excluding steroid dienone is 2. The van der Waals surface area contributed by atoms with Gasteiger partial charge >= 0.3 is 5.97 Å². The standard InChI is InChI=1S/C21H21N3O4/c1-13-18(23-17-9-5-4-8-16(17)22-13)12-28-19(25)10-11-24-20(26)14-6-2-3-7-15(14)21(24)27/h2-5,8-9,14-15H,6-7,10-12H2,1H3/t14-,15-/m1/s1. The molecule has 2 aliphatic rings. The van der Waals surface area contributed by atoms with Gasteiger partial charge < -0.3 is 4.74 Å². The van der Waals surface area contributed by atoms with Crippen LogP contribution in [0, 0.1) is 18.8 Å². The maximum atomic E-state index is 12.4. The van der Waals surface area contributed by atoms with Gasteiger partial charge in [-0.05, 0) is 31.9 Å². The van der Waals surface area contributed by atoms with Crippen LogP contribution in [0.2, 0.25) is 0 Å². The van der Waals surface area contributed by atoms with Crippen LogP contribution in [0.3, 0.4) is 0 Å². The summed E-state index contributed by atoms with van der Waals surface area (Å²) in [6.07, 6.45) is 5.05. The monoisotopic (exact) mass is 379 g/mol. The summed E-state index contributed by atoms with van der Waals surface area (Å²) in [6.45, 7) is 1.89. The van der Waals surface area contributed by atoms with Crippen LogP contribution in [0.25, 0.3) is 11.0 Å². The summed E-state index contributed by atoms with van der Waals surface area (Å²) in [5.74, 6) is -1.37. The second-order valence-electron chi connectivity index (χ2n) is 7.14. The van der Waals surface area contributed by atoms with Gasteiger partial charge in [-0.1, -0.05) is 24.3 Å². The molecule has 144 valence electrons. The zero-order chi connectivity index (χ0) is 19.7. The fourth-order valence-electron chi connectivity index (χ4n) is 3.77. The van der Waals surface area contributed by atoms with E-state index in [2.05, 4.69) is 9.97 Å². The molecule has 1 aliphatic carbocycles. The second kappa shape index (κ2) is 7.50. The maximum Gasteiger partial charge on any atom is 0.307 e. The van der Waals surface area contributed by atoms with E-state index in [-0.39, 0.29) is 43.2 Å². The number of nitrogens with zero attached hydrogens (tertiary/aromatic N) is 3. The van der Waals surface area contributed by atoms with Crippen molar-refractivity contribution < 1.29 is 19.1 Å². The number of hydrogen-bond donors (Lipinski definition) is 0. The Morgan fingerprint density at radius 3 is 2.32 bits per heavy atom. The number of hydrogen-bond acceptors (Lipinski definition) is 6. The number of carbonyl (C=O) groups excluding carboxylic acids is 3. The van der Waals surface area contributed by atoms with Crippen LogP contribution in [-0.2, 0) is 25.7 Å². The lowest BCUT2D eigenvalue weighted by Crippen LogP contribution is -2.33. The Kier molecular flexibility index (Phi) is 4.90. The zero-order valence-corrected chi connectivity index (χ0v) is 15.6. The average Bonchev–Trinajstić information content (AvgIpc) is 2.95. The van der Waals surface area contributed by atoms with Gasteiger partial charge in [0.2, 0.25) is 11.8 Å². The Labute approximate surface area is 162 Å². The van der Waals surface area contributed by atoms with Crippen molar-refractivity contribution in [2.45, 2.75) is 32.8 Å². The Hall–Kier alpha value is -3.09. The molecule has 2 heterocycles. The predicted octanol–water partition coefficient (Wildman–Crippen LogP) is 2.32. The first-order chi connectivity index (χ1) is 13.5. The van der Waals surface area contributed by atoms with E-state index in [1.165, 1.54) is 4.90 Å². The summed E-state index contributed by atoms with van der Waals surface area (Å²) in [5, 5.41) is 0. The van der Waals surface area contributed by atoms with Gasteiger partial charge in [-0.2, -0.15) is 0 Å². The number of likely N-dealkylation sites (tertiary alicyclic amines) is 1. The number of ether oxygens (including phenoxy) is 1. The quantitative estimate of drug-likeness (QED) is 0.450. The summed E-state index contributed by atoms with van der Waals surface area (Å²) in [4.78, 5) is 47.1. The third kappa shape index (κ3) is 3.40. The largest absolute Gasteiger partial charge is 0.459 e. The van der Waals surface area contributed by atoms with Gasteiger partial charge in [-0.15, -0.1) is 0 Å². The lowest BCUT2D eigenvalue weighted by molar-refractivity contribution is -0.146. The van der Waals surface area contributed by atoms with E-state index in [1.54, 1.807) is 0 Å². The van der Waals surface area contributed by atoms with Crippen LogP contribution >= 0.6 is 0 Å². The number of rotatable bonds is 5. The number of fused-ring (bicyclic) bond motifs is 2. The summed E-state index contributed by atoms with van der Waals surface area (Å²) in [5.41, 5.74) is 2.83. The van der Waals surface area contributed by atoms with Crippen molar-refractivity contribution in [3.63, 3.8) is 0 Å². The molecule has 0 N–H and O–H groups in total. The SMILES string of the molecule is Cc1nc2ccccc2nc1COC(=O)CCN1C(=O)[C@@H]2CC=CC[C@H]2C1=O. The summed E-state index contributed by atoms with van der Waals surface area (Å²) < 4.78 is 5.30. The van der Waals surface area contributed by atoms with E-state index in [1.807, 2.05) is 43.3 Å². The van der Waals surface area contributed by atoms with Gasteiger partial charge in [0.05, 0.1) is 40.7 Å². The molecule has 0 unspecified atom stereocenters. The molecule has 1 aromatic carbocycles. The van der Waals surface area contributed by atoms with E-state index in [0.717, 1.165) is 11.0 Å². The molecule has 1 fully saturated rings. The highest BCUT2D eigenvalue weighted by Crippen LogP contribution is 2.35. The van der Waals surface area contributed by atoms with Gasteiger partial charge in [-0.25, -0.2) is 9.97 Å². The van der Waals surface area contributed by atoms with Crippen molar-refractivity contribution in [3.8, 4) is 0 Å². The van der Waals surface area contributed by atoms with Crippen molar-refractivity contribution >= 4 is 28.8 Å². The number of benzene rings is 1. The maximum absolute atomic E-state index is 12.4. The van der Waals surface area contributed by atoms with Crippen molar-refractivity contribution in [1.29, 1.82) is 0 Å². The number of aromatic nitrogens is 2. The van der Waals surface area contributed by atoms with Crippen molar-refractivity contribution in [2.24, 2.45) is 11.8 Å². The van der Waals surface area contributed by atoms with Crippen LogP contribution < -0.4 is 0 Å². The lowest BCUT2D eigenvalue weighted by Gasteiger charge is -2.14. The lowest BCUT2D eigenvalue weighted by atomic mass is 9.85. The minimum absolute atomic E-state index is 0.0135. The van der Waals surface area contributed by atoms with Gasteiger partial charge in [0, 0.05) is 6.54 Å². The molecule has 1 aliphatic heterocycles. The molecule has 7 heteroatoms. The molecule has 0 bridgehead atoms. The van der Waals surface area contributed by atoms with Crippen LogP contribution in [0.4, 0.5) is 0 Å². The van der Waals surface area contributed by atoms with Crippen LogP contribution in [0.5, 0.6) is 0 Å². The third-order valence-electron chi connectivity index (χ3n) is 5.35. The molecule has 2 aromatic rings. The molecule has 1 saturated heterocycles. The van der Waals surface area contributed by atoms with Gasteiger partial charge in [-0.3, -0.25) is 19.3 Å². The molecular weight excluding hydrogens is 358 g/mol. The van der Waals surface area contributed by atoms with Crippen LogP contribution in [0.1, 0.15) is 30.7 Å². The highest BCUT2D eigenvalue weighted by atomic mass is 16.5. The summed E-state index contributed by atoms with van der Waals surface area (Å²) in [7, 11) is 0. The molecule has 28 heavy (non-hydrogen) atoms. The van der Waals surface area contributed by atoms with Gasteiger partial charge in [0.25, 0.3) is 0 Å². The van der Waals surface area contributed by atoms with Crippen molar-refractivity contribution in [1.82, 2.24) is 14.9 Å².